The van der Waals surface area contributed by atoms with Gasteiger partial charge in [0.2, 0.25) is 5.89 Å². The Morgan fingerprint density at radius 1 is 1.30 bits per heavy atom. The Labute approximate surface area is 134 Å². The first-order valence-electron chi connectivity index (χ1n) is 7.95. The smallest absolute Gasteiger partial charge is 0.242 e. The third-order valence-electron chi connectivity index (χ3n) is 4.63. The predicted molar refractivity (Wildman–Crippen MR) is 85.4 cm³/mol. The summed E-state index contributed by atoms with van der Waals surface area (Å²) >= 11 is 0. The summed E-state index contributed by atoms with van der Waals surface area (Å²) in [4.78, 5) is 15.3. The summed E-state index contributed by atoms with van der Waals surface area (Å²) in [5, 5.41) is 0. The van der Waals surface area contributed by atoms with E-state index >= 15 is 0 Å². The molecular formula is C16H20N6O. The number of nitrogens with zero attached hydrogens (tertiary/aromatic N) is 5. The summed E-state index contributed by atoms with van der Waals surface area (Å²) < 4.78 is 7.68. The number of hydrogen-bond donors (Lipinski definition) is 1. The molecule has 2 aliphatic rings. The molecule has 0 spiro atoms. The van der Waals surface area contributed by atoms with Gasteiger partial charge in [0, 0.05) is 24.6 Å². The van der Waals surface area contributed by atoms with E-state index in [9.17, 15) is 0 Å². The van der Waals surface area contributed by atoms with Gasteiger partial charge < -0.3 is 19.6 Å². The van der Waals surface area contributed by atoms with Crippen LogP contribution in [-0.4, -0.2) is 31.2 Å². The van der Waals surface area contributed by atoms with Crippen LogP contribution in [0.2, 0.25) is 0 Å². The summed E-state index contributed by atoms with van der Waals surface area (Å²) in [7, 11) is 0. The molecule has 0 aromatic carbocycles. The number of hydrogen-bond acceptors (Lipinski definition) is 6. The lowest BCUT2D eigenvalue weighted by Gasteiger charge is -2.33. The highest BCUT2D eigenvalue weighted by molar-refractivity contribution is 6.01. The molecule has 7 heteroatoms. The van der Waals surface area contributed by atoms with Crippen LogP contribution in [0, 0.1) is 0 Å². The fraction of sp³-hybridized carbons (Fsp3) is 0.438. The lowest BCUT2D eigenvalue weighted by Crippen LogP contribution is -2.40. The molecule has 0 bridgehead atoms. The van der Waals surface area contributed by atoms with E-state index < -0.39 is 0 Å². The summed E-state index contributed by atoms with van der Waals surface area (Å²) in [6.07, 6.45) is 12.8. The molecule has 0 amide bonds. The van der Waals surface area contributed by atoms with Crippen molar-refractivity contribution in [3.8, 4) is 0 Å². The number of oxazole rings is 1. The summed E-state index contributed by atoms with van der Waals surface area (Å²) in [6, 6.07) is 0.612. The topological polar surface area (TPSA) is 85.5 Å². The molecular weight excluding hydrogens is 292 g/mol. The van der Waals surface area contributed by atoms with E-state index in [1.807, 2.05) is 12.4 Å². The molecule has 1 unspecified atom stereocenters. The lowest BCUT2D eigenvalue weighted by atomic mass is 9.93. The van der Waals surface area contributed by atoms with Crippen molar-refractivity contribution in [3.63, 3.8) is 0 Å². The zero-order chi connectivity index (χ0) is 15.8. The second-order valence-corrected chi connectivity index (χ2v) is 6.07. The third-order valence-corrected chi connectivity index (χ3v) is 4.63. The van der Waals surface area contributed by atoms with E-state index in [4.69, 9.17) is 10.2 Å². The quantitative estimate of drug-likeness (QED) is 0.934. The minimum Gasteiger partial charge on any atom is -0.444 e. The Kier molecular flexibility index (Phi) is 3.40. The molecule has 1 atom stereocenters. The Morgan fingerprint density at radius 2 is 2.17 bits per heavy atom. The van der Waals surface area contributed by atoms with Gasteiger partial charge in [0.1, 0.15) is 23.6 Å². The van der Waals surface area contributed by atoms with E-state index in [0.29, 0.717) is 24.3 Å². The minimum absolute atomic E-state index is 0.0208. The van der Waals surface area contributed by atoms with Crippen LogP contribution in [0.4, 0.5) is 0 Å². The highest BCUT2D eigenvalue weighted by Gasteiger charge is 2.28. The molecule has 2 N–H and O–H groups in total. The second kappa shape index (κ2) is 5.57. The van der Waals surface area contributed by atoms with Crippen LogP contribution >= 0.6 is 0 Å². The normalized spacial score (nSPS) is 21.8. The maximum absolute atomic E-state index is 5.98. The molecule has 3 heterocycles. The van der Waals surface area contributed by atoms with Gasteiger partial charge in [-0.1, -0.05) is 0 Å². The summed E-state index contributed by atoms with van der Waals surface area (Å²) in [5.74, 6) is 2.03. The van der Waals surface area contributed by atoms with Gasteiger partial charge in [-0.2, -0.15) is 0 Å². The van der Waals surface area contributed by atoms with Crippen molar-refractivity contribution in [2.75, 3.05) is 0 Å². The Morgan fingerprint density at radius 3 is 2.87 bits per heavy atom. The second-order valence-electron chi connectivity index (χ2n) is 6.07. The zero-order valence-corrected chi connectivity index (χ0v) is 13.1. The van der Waals surface area contributed by atoms with Crippen molar-refractivity contribution in [2.45, 2.75) is 44.8 Å². The summed E-state index contributed by atoms with van der Waals surface area (Å²) in [6.45, 7) is 2.76. The number of imidazole rings is 1. The van der Waals surface area contributed by atoms with Crippen LogP contribution < -0.4 is 5.73 Å². The maximum atomic E-state index is 5.98. The highest BCUT2D eigenvalue weighted by atomic mass is 16.3. The standard InChI is InChI=1S/C16H20N6O/c1-11-15(16-19-6-8-23-16)20-13(17)9-21(11)10-14-18-5-7-22(14)12-3-2-4-12/h5-9,11-12H,2-4,10,17H2,1H3. The van der Waals surface area contributed by atoms with Crippen molar-refractivity contribution >= 4 is 5.71 Å². The number of aromatic nitrogens is 3. The van der Waals surface area contributed by atoms with Crippen LogP contribution in [0.3, 0.4) is 0 Å². The van der Waals surface area contributed by atoms with Crippen molar-refractivity contribution in [1.29, 1.82) is 0 Å². The Balaban J connectivity index is 1.58. The zero-order valence-electron chi connectivity index (χ0n) is 13.1. The average Bonchev–Trinajstić information content (AvgIpc) is 3.13. The van der Waals surface area contributed by atoms with Crippen LogP contribution in [0.15, 0.2) is 46.3 Å². The molecule has 1 aliphatic heterocycles. The molecule has 2 aromatic rings. The molecule has 0 radical (unpaired) electrons. The number of rotatable bonds is 4. The fourth-order valence-corrected chi connectivity index (χ4v) is 3.09. The van der Waals surface area contributed by atoms with Crippen molar-refractivity contribution in [3.05, 3.63) is 48.6 Å². The molecule has 23 heavy (non-hydrogen) atoms. The Hall–Kier alpha value is -2.57. The van der Waals surface area contributed by atoms with E-state index in [-0.39, 0.29) is 6.04 Å². The van der Waals surface area contributed by atoms with Crippen LogP contribution in [0.5, 0.6) is 0 Å². The lowest BCUT2D eigenvalue weighted by molar-refractivity contribution is 0.275. The molecule has 1 aliphatic carbocycles. The minimum atomic E-state index is 0.0208. The van der Waals surface area contributed by atoms with Gasteiger partial charge in [0.25, 0.3) is 0 Å². The first-order chi connectivity index (χ1) is 11.2. The van der Waals surface area contributed by atoms with E-state index in [1.165, 1.54) is 19.3 Å². The third kappa shape index (κ3) is 2.52. The van der Waals surface area contributed by atoms with Gasteiger partial charge in [-0.15, -0.1) is 0 Å². The van der Waals surface area contributed by atoms with Crippen LogP contribution in [-0.2, 0) is 6.54 Å². The van der Waals surface area contributed by atoms with Crippen molar-refractivity contribution in [2.24, 2.45) is 10.7 Å². The van der Waals surface area contributed by atoms with Gasteiger partial charge in [0.15, 0.2) is 0 Å². The molecule has 1 fully saturated rings. The Bertz CT molecular complexity index is 740. The van der Waals surface area contributed by atoms with Gasteiger partial charge >= 0.3 is 0 Å². The monoisotopic (exact) mass is 312 g/mol. The van der Waals surface area contributed by atoms with Gasteiger partial charge in [-0.25, -0.2) is 15.0 Å². The largest absolute Gasteiger partial charge is 0.444 e. The molecule has 7 nitrogen and oxygen atoms in total. The molecule has 1 saturated carbocycles. The molecule has 0 saturated heterocycles. The first kappa shape index (κ1) is 14.0. The summed E-state index contributed by atoms with van der Waals surface area (Å²) in [5.41, 5.74) is 6.73. The number of aliphatic imine (C=N–C) groups is 1. The molecule has 120 valence electrons. The fourth-order valence-electron chi connectivity index (χ4n) is 3.09. The first-order valence-corrected chi connectivity index (χ1v) is 7.95. The van der Waals surface area contributed by atoms with E-state index in [1.54, 1.807) is 12.5 Å². The highest BCUT2D eigenvalue weighted by Crippen LogP contribution is 2.32. The maximum Gasteiger partial charge on any atom is 0.242 e. The average molecular weight is 312 g/mol. The van der Waals surface area contributed by atoms with Gasteiger partial charge in [-0.3, -0.25) is 0 Å². The van der Waals surface area contributed by atoms with Crippen LogP contribution in [0.25, 0.3) is 0 Å². The molecule has 2 aromatic heterocycles. The molecule has 4 rings (SSSR count). The van der Waals surface area contributed by atoms with Crippen molar-refractivity contribution < 1.29 is 4.42 Å². The SMILES string of the molecule is CC1C(c2ncco2)=NC(N)=CN1Cc1nccn1C1CCC1. The number of nitrogens with two attached hydrogens (primary N) is 1. The van der Waals surface area contributed by atoms with Crippen molar-refractivity contribution in [1.82, 2.24) is 19.4 Å². The van der Waals surface area contributed by atoms with Crippen LogP contribution in [0.1, 0.15) is 43.9 Å². The van der Waals surface area contributed by atoms with Gasteiger partial charge in [0.05, 0.1) is 18.8 Å². The van der Waals surface area contributed by atoms with Gasteiger partial charge in [-0.05, 0) is 26.2 Å². The van der Waals surface area contributed by atoms with E-state index in [0.717, 1.165) is 11.5 Å². The van der Waals surface area contributed by atoms with E-state index in [2.05, 4.69) is 37.5 Å². The predicted octanol–water partition coefficient (Wildman–Crippen LogP) is 2.05.